The number of aromatic nitrogens is 1. The summed E-state index contributed by atoms with van der Waals surface area (Å²) >= 11 is 5.96. The van der Waals surface area contributed by atoms with Gasteiger partial charge in [-0.15, -0.1) is 0 Å². The maximum absolute atomic E-state index is 13.1. The topological polar surface area (TPSA) is 68.4 Å². The number of H-pyrrole nitrogens is 1. The minimum atomic E-state index is -0.237. The number of fused-ring (bicyclic) bond motifs is 1. The second-order valence-electron chi connectivity index (χ2n) is 8.14. The van der Waals surface area contributed by atoms with Gasteiger partial charge < -0.3 is 20.1 Å². The first-order chi connectivity index (χ1) is 15.9. The molecule has 7 heteroatoms. The number of halogens is 1. The van der Waals surface area contributed by atoms with Crippen molar-refractivity contribution < 1.29 is 4.79 Å². The van der Waals surface area contributed by atoms with Gasteiger partial charge in [-0.3, -0.25) is 4.79 Å². The van der Waals surface area contributed by atoms with Crippen molar-refractivity contribution in [3.8, 4) is 0 Å². The monoisotopic (exact) mass is 468 g/mol. The second-order valence-corrected chi connectivity index (χ2v) is 8.57. The Kier molecular flexibility index (Phi) is 8.92. The molecular formula is C26H33ClN4O2. The molecule has 2 aromatic carbocycles. The molecule has 1 aromatic heterocycles. The number of hydrogen-bond acceptors (Lipinski definition) is 3. The van der Waals surface area contributed by atoms with Crippen molar-refractivity contribution in [3.63, 3.8) is 0 Å². The molecule has 0 saturated carbocycles. The van der Waals surface area contributed by atoms with E-state index in [0.29, 0.717) is 22.8 Å². The highest BCUT2D eigenvalue weighted by Gasteiger charge is 2.17. The Hall–Kier alpha value is -2.83. The van der Waals surface area contributed by atoms with Crippen molar-refractivity contribution in [1.82, 2.24) is 14.8 Å². The first kappa shape index (κ1) is 24.8. The third kappa shape index (κ3) is 6.83. The molecule has 3 rings (SSSR count). The molecule has 0 unspecified atom stereocenters. The lowest BCUT2D eigenvalue weighted by Gasteiger charge is -2.25. The van der Waals surface area contributed by atoms with Gasteiger partial charge in [0, 0.05) is 28.3 Å². The Morgan fingerprint density at radius 3 is 2.39 bits per heavy atom. The molecule has 33 heavy (non-hydrogen) atoms. The molecular weight excluding hydrogens is 436 g/mol. The molecule has 0 aliphatic rings. The van der Waals surface area contributed by atoms with Gasteiger partial charge >= 0.3 is 6.03 Å². The minimum absolute atomic E-state index is 0.167. The normalized spacial score (nSPS) is 11.2. The summed E-state index contributed by atoms with van der Waals surface area (Å²) in [5, 5.41) is 4.52. The predicted octanol–water partition coefficient (Wildman–Crippen LogP) is 5.51. The summed E-state index contributed by atoms with van der Waals surface area (Å²) < 4.78 is 0. The standard InChI is InChI=1S/C26H33ClN4O2/c1-4-19-8-13-24-20(16-19)17-21(25(32)29-24)18-31(15-7-14-30(5-2)6-3)26(33)28-23-11-9-22(27)10-12-23/h8-13,16-17H,4-7,14-15,18H2,1-3H3,(H,28,33)(H,29,32). The van der Waals surface area contributed by atoms with Crippen LogP contribution in [0.25, 0.3) is 10.9 Å². The van der Waals surface area contributed by atoms with Crippen LogP contribution in [0.4, 0.5) is 10.5 Å². The molecule has 2 amide bonds. The maximum Gasteiger partial charge on any atom is 0.322 e. The highest BCUT2D eigenvalue weighted by Crippen LogP contribution is 2.17. The Morgan fingerprint density at radius 1 is 1.00 bits per heavy atom. The Morgan fingerprint density at radius 2 is 1.73 bits per heavy atom. The van der Waals surface area contributed by atoms with Crippen molar-refractivity contribution in [1.29, 1.82) is 0 Å². The Bertz CT molecular complexity index is 1120. The SMILES string of the molecule is CCc1ccc2[nH]c(=O)c(CN(CCCN(CC)CC)C(=O)Nc3ccc(Cl)cc3)cc2c1. The van der Waals surface area contributed by atoms with Crippen LogP contribution in [0, 0.1) is 0 Å². The molecule has 0 fully saturated rings. The summed E-state index contributed by atoms with van der Waals surface area (Å²) in [5.41, 5.74) is 3.08. The van der Waals surface area contributed by atoms with Crippen LogP contribution in [0.5, 0.6) is 0 Å². The van der Waals surface area contributed by atoms with Crippen LogP contribution in [0.15, 0.2) is 53.3 Å². The molecule has 2 N–H and O–H groups in total. The largest absolute Gasteiger partial charge is 0.322 e. The zero-order chi connectivity index (χ0) is 23.8. The van der Waals surface area contributed by atoms with Crippen LogP contribution < -0.4 is 10.9 Å². The first-order valence-corrected chi connectivity index (χ1v) is 12.0. The number of aryl methyl sites for hydroxylation is 1. The smallest absolute Gasteiger partial charge is 0.322 e. The maximum atomic E-state index is 13.1. The van der Waals surface area contributed by atoms with Gasteiger partial charge in [-0.1, -0.05) is 38.4 Å². The van der Waals surface area contributed by atoms with E-state index in [2.05, 4.69) is 42.0 Å². The number of nitrogens with one attached hydrogen (secondary N) is 2. The fourth-order valence-corrected chi connectivity index (χ4v) is 3.98. The van der Waals surface area contributed by atoms with E-state index in [4.69, 9.17) is 11.6 Å². The van der Waals surface area contributed by atoms with Crippen molar-refractivity contribution in [2.24, 2.45) is 0 Å². The number of rotatable bonds is 10. The molecule has 176 valence electrons. The summed E-state index contributed by atoms with van der Waals surface area (Å²) in [5.74, 6) is 0. The zero-order valence-corrected chi connectivity index (χ0v) is 20.4. The quantitative estimate of drug-likeness (QED) is 0.412. The molecule has 0 spiro atoms. The van der Waals surface area contributed by atoms with E-state index in [1.807, 2.05) is 18.2 Å². The van der Waals surface area contributed by atoms with Gasteiger partial charge in [-0.05, 0) is 85.9 Å². The molecule has 3 aromatic rings. The van der Waals surface area contributed by atoms with Gasteiger partial charge in [0.2, 0.25) is 0 Å². The average molecular weight is 469 g/mol. The molecule has 0 radical (unpaired) electrons. The number of anilines is 1. The number of hydrogen-bond donors (Lipinski definition) is 2. The van der Waals surface area contributed by atoms with Gasteiger partial charge in [0.05, 0.1) is 6.54 Å². The van der Waals surface area contributed by atoms with E-state index in [9.17, 15) is 9.59 Å². The highest BCUT2D eigenvalue weighted by atomic mass is 35.5. The van der Waals surface area contributed by atoms with E-state index in [1.165, 1.54) is 5.56 Å². The summed E-state index contributed by atoms with van der Waals surface area (Å²) in [6, 6.07) is 14.7. The van der Waals surface area contributed by atoms with Crippen molar-refractivity contribution in [2.45, 2.75) is 40.2 Å². The fraction of sp³-hybridized carbons (Fsp3) is 0.385. The van der Waals surface area contributed by atoms with Gasteiger partial charge in [0.1, 0.15) is 0 Å². The lowest BCUT2D eigenvalue weighted by atomic mass is 10.1. The Labute approximate surface area is 200 Å². The lowest BCUT2D eigenvalue weighted by Crippen LogP contribution is -2.38. The van der Waals surface area contributed by atoms with Crippen LogP contribution in [0.1, 0.15) is 38.3 Å². The number of nitrogens with zero attached hydrogens (tertiary/aromatic N) is 2. The number of benzene rings is 2. The third-order valence-electron chi connectivity index (χ3n) is 5.93. The van der Waals surface area contributed by atoms with E-state index in [-0.39, 0.29) is 18.1 Å². The first-order valence-electron chi connectivity index (χ1n) is 11.6. The Balaban J connectivity index is 1.82. The number of carbonyl (C=O) groups excluding carboxylic acids is 1. The highest BCUT2D eigenvalue weighted by molar-refractivity contribution is 6.30. The number of pyridine rings is 1. The van der Waals surface area contributed by atoms with Crippen LogP contribution in [-0.4, -0.2) is 47.0 Å². The van der Waals surface area contributed by atoms with Crippen LogP contribution in [-0.2, 0) is 13.0 Å². The number of urea groups is 1. The summed E-state index contributed by atoms with van der Waals surface area (Å²) in [6.45, 7) is 9.98. The molecule has 0 atom stereocenters. The zero-order valence-electron chi connectivity index (χ0n) is 19.7. The summed E-state index contributed by atoms with van der Waals surface area (Å²) in [4.78, 5) is 32.9. The molecule has 0 aliphatic carbocycles. The fourth-order valence-electron chi connectivity index (χ4n) is 3.86. The van der Waals surface area contributed by atoms with E-state index in [0.717, 1.165) is 43.4 Å². The molecule has 0 saturated heterocycles. The predicted molar refractivity (Wildman–Crippen MR) is 137 cm³/mol. The van der Waals surface area contributed by atoms with E-state index >= 15 is 0 Å². The lowest BCUT2D eigenvalue weighted by molar-refractivity contribution is 0.202. The number of amides is 2. The van der Waals surface area contributed by atoms with Crippen LogP contribution in [0.2, 0.25) is 5.02 Å². The van der Waals surface area contributed by atoms with Gasteiger partial charge in [-0.25, -0.2) is 4.79 Å². The van der Waals surface area contributed by atoms with E-state index < -0.39 is 0 Å². The molecule has 1 heterocycles. The van der Waals surface area contributed by atoms with Crippen molar-refractivity contribution in [2.75, 3.05) is 31.5 Å². The van der Waals surface area contributed by atoms with E-state index in [1.54, 1.807) is 29.2 Å². The van der Waals surface area contributed by atoms with Crippen molar-refractivity contribution >= 4 is 34.2 Å². The molecule has 6 nitrogen and oxygen atoms in total. The second kappa shape index (κ2) is 11.9. The minimum Gasteiger partial charge on any atom is -0.322 e. The average Bonchev–Trinajstić information content (AvgIpc) is 2.82. The van der Waals surface area contributed by atoms with Gasteiger partial charge in [0.15, 0.2) is 0 Å². The molecule has 0 bridgehead atoms. The summed E-state index contributed by atoms with van der Waals surface area (Å²) in [6.07, 6.45) is 1.74. The molecule has 0 aliphatic heterocycles. The van der Waals surface area contributed by atoms with Crippen LogP contribution >= 0.6 is 11.6 Å². The van der Waals surface area contributed by atoms with Crippen molar-refractivity contribution in [3.05, 3.63) is 75.0 Å². The third-order valence-corrected chi connectivity index (χ3v) is 6.19. The van der Waals surface area contributed by atoms with Gasteiger partial charge in [0.25, 0.3) is 5.56 Å². The van der Waals surface area contributed by atoms with Gasteiger partial charge in [-0.2, -0.15) is 0 Å². The van der Waals surface area contributed by atoms with Crippen LogP contribution in [0.3, 0.4) is 0 Å². The number of carbonyl (C=O) groups is 1. The summed E-state index contributed by atoms with van der Waals surface area (Å²) in [7, 11) is 0. The number of aromatic amines is 1.